The summed E-state index contributed by atoms with van der Waals surface area (Å²) in [7, 11) is -2.62. The Morgan fingerprint density at radius 3 is 2.10 bits per heavy atom. The first kappa shape index (κ1) is 20.3. The second kappa shape index (κ2) is 13.0. The van der Waals surface area contributed by atoms with E-state index in [1.165, 1.54) is 0 Å². The number of amides is 1. The first-order chi connectivity index (χ1) is 10.1. The van der Waals surface area contributed by atoms with Gasteiger partial charge in [-0.25, -0.2) is 4.79 Å². The molecule has 7 nitrogen and oxygen atoms in total. The van der Waals surface area contributed by atoms with Gasteiger partial charge in [-0.15, -0.1) is 0 Å². The molecule has 0 saturated carbocycles. The van der Waals surface area contributed by atoms with E-state index in [2.05, 4.69) is 5.32 Å². The number of aliphatic hydroxyl groups is 1. The highest BCUT2D eigenvalue weighted by Crippen LogP contribution is 2.17. The quantitative estimate of drug-likeness (QED) is 0.395. The molecule has 0 aromatic rings. The van der Waals surface area contributed by atoms with Crippen molar-refractivity contribution in [1.82, 2.24) is 5.32 Å². The highest BCUT2D eigenvalue weighted by molar-refractivity contribution is 6.60. The van der Waals surface area contributed by atoms with Gasteiger partial charge in [-0.3, -0.25) is 0 Å². The van der Waals surface area contributed by atoms with Gasteiger partial charge in [-0.05, 0) is 27.2 Å². The van der Waals surface area contributed by atoms with Gasteiger partial charge in [0.05, 0.1) is 6.61 Å². The molecule has 0 radical (unpaired) electrons. The maximum Gasteiger partial charge on any atom is 0.500 e. The van der Waals surface area contributed by atoms with Gasteiger partial charge < -0.3 is 28.4 Å². The van der Waals surface area contributed by atoms with Crippen LogP contribution in [0.1, 0.15) is 33.6 Å². The summed E-state index contributed by atoms with van der Waals surface area (Å²) in [5, 5.41) is 11.2. The summed E-state index contributed by atoms with van der Waals surface area (Å²) >= 11 is 0. The Kier molecular flexibility index (Phi) is 12.6. The maximum absolute atomic E-state index is 11.3. The smallest absolute Gasteiger partial charge is 0.449 e. The second-order valence-electron chi connectivity index (χ2n) is 4.23. The van der Waals surface area contributed by atoms with Crippen molar-refractivity contribution in [2.75, 3.05) is 39.6 Å². The standard InChI is InChI=1S/C13H29NO6Si/c1-4-18-21(19-5-2,20-6-3)12-7-9-14-13(16)17-11-8-10-15/h15H,4-12H2,1-3H3,(H,14,16). The summed E-state index contributed by atoms with van der Waals surface area (Å²) in [6.45, 7) is 8.08. The Labute approximate surface area is 128 Å². The fourth-order valence-corrected chi connectivity index (χ4v) is 4.39. The van der Waals surface area contributed by atoms with Crippen LogP contribution in [0.15, 0.2) is 0 Å². The maximum atomic E-state index is 11.3. The largest absolute Gasteiger partial charge is 0.500 e. The molecular weight excluding hydrogens is 294 g/mol. The molecule has 0 fully saturated rings. The highest BCUT2D eigenvalue weighted by Gasteiger charge is 2.39. The van der Waals surface area contributed by atoms with Crippen LogP contribution in [-0.2, 0) is 18.0 Å². The average Bonchev–Trinajstić information content (AvgIpc) is 2.45. The first-order valence-corrected chi connectivity index (χ1v) is 9.50. The molecule has 0 aromatic carbocycles. The Balaban J connectivity index is 4.03. The summed E-state index contributed by atoms with van der Waals surface area (Å²) in [6, 6.07) is 0.652. The molecule has 0 aliphatic carbocycles. The van der Waals surface area contributed by atoms with Crippen LogP contribution in [0, 0.1) is 0 Å². The van der Waals surface area contributed by atoms with E-state index in [1.54, 1.807) is 0 Å². The minimum absolute atomic E-state index is 0.0124. The Morgan fingerprint density at radius 2 is 1.62 bits per heavy atom. The van der Waals surface area contributed by atoms with Crippen LogP contribution in [0.3, 0.4) is 0 Å². The predicted octanol–water partition coefficient (Wildman–Crippen LogP) is 1.53. The molecule has 0 bridgehead atoms. The molecule has 0 heterocycles. The molecule has 0 aliphatic heterocycles. The SMILES string of the molecule is CCO[Si](CCCNC(=O)OCCCO)(OCC)OCC. The van der Waals surface area contributed by atoms with Gasteiger partial charge >= 0.3 is 14.9 Å². The Hall–Kier alpha value is -0.673. The number of rotatable bonds is 13. The third-order valence-electron chi connectivity index (χ3n) is 2.56. The van der Waals surface area contributed by atoms with Crippen molar-refractivity contribution in [3.05, 3.63) is 0 Å². The van der Waals surface area contributed by atoms with Gasteiger partial charge in [0.15, 0.2) is 0 Å². The van der Waals surface area contributed by atoms with Crippen LogP contribution in [0.5, 0.6) is 0 Å². The Bertz CT molecular complexity index is 250. The van der Waals surface area contributed by atoms with Crippen molar-refractivity contribution in [2.45, 2.75) is 39.7 Å². The van der Waals surface area contributed by atoms with Crippen LogP contribution in [0.4, 0.5) is 4.79 Å². The summed E-state index contributed by atoms with van der Waals surface area (Å²) < 4.78 is 22.0. The monoisotopic (exact) mass is 323 g/mol. The number of alkyl carbamates (subject to hydrolysis) is 1. The number of carbonyl (C=O) groups is 1. The van der Waals surface area contributed by atoms with Crippen molar-refractivity contribution in [2.24, 2.45) is 0 Å². The number of hydrogen-bond donors (Lipinski definition) is 2. The molecule has 126 valence electrons. The molecule has 0 aliphatic rings. The van der Waals surface area contributed by atoms with E-state index in [9.17, 15) is 4.79 Å². The molecule has 0 spiro atoms. The number of ether oxygens (including phenoxy) is 1. The van der Waals surface area contributed by atoms with E-state index in [4.69, 9.17) is 23.1 Å². The van der Waals surface area contributed by atoms with E-state index in [0.29, 0.717) is 45.3 Å². The zero-order valence-corrected chi connectivity index (χ0v) is 14.4. The molecule has 8 heteroatoms. The topological polar surface area (TPSA) is 86.3 Å². The number of hydrogen-bond acceptors (Lipinski definition) is 6. The van der Waals surface area contributed by atoms with E-state index in [1.807, 2.05) is 20.8 Å². The third-order valence-corrected chi connectivity index (χ3v) is 5.71. The van der Waals surface area contributed by atoms with Crippen LogP contribution < -0.4 is 5.32 Å². The molecule has 2 N–H and O–H groups in total. The zero-order valence-electron chi connectivity index (χ0n) is 13.4. The lowest BCUT2D eigenvalue weighted by atomic mass is 10.5. The zero-order chi connectivity index (χ0) is 16.0. The lowest BCUT2D eigenvalue weighted by Gasteiger charge is -2.28. The number of aliphatic hydroxyl groups excluding tert-OH is 1. The van der Waals surface area contributed by atoms with Gasteiger partial charge in [0.2, 0.25) is 0 Å². The van der Waals surface area contributed by atoms with Crippen LogP contribution >= 0.6 is 0 Å². The molecule has 0 saturated heterocycles. The van der Waals surface area contributed by atoms with Gasteiger partial charge in [0.25, 0.3) is 0 Å². The number of carbonyl (C=O) groups excluding carboxylic acids is 1. The predicted molar refractivity (Wildman–Crippen MR) is 81.1 cm³/mol. The van der Waals surface area contributed by atoms with Crippen molar-refractivity contribution in [3.63, 3.8) is 0 Å². The molecule has 0 unspecified atom stereocenters. The molecule has 0 aromatic heterocycles. The van der Waals surface area contributed by atoms with Crippen LogP contribution in [-0.4, -0.2) is 59.6 Å². The van der Waals surface area contributed by atoms with Crippen molar-refractivity contribution in [1.29, 1.82) is 0 Å². The van der Waals surface area contributed by atoms with Crippen molar-refractivity contribution < 1.29 is 27.9 Å². The second-order valence-corrected chi connectivity index (χ2v) is 6.96. The van der Waals surface area contributed by atoms with Gasteiger partial charge in [0.1, 0.15) is 0 Å². The summed E-state index contributed by atoms with van der Waals surface area (Å²) in [4.78, 5) is 11.3. The summed E-state index contributed by atoms with van der Waals surface area (Å²) in [5.41, 5.74) is 0. The molecule has 21 heavy (non-hydrogen) atoms. The average molecular weight is 323 g/mol. The van der Waals surface area contributed by atoms with Gasteiger partial charge in [-0.1, -0.05) is 0 Å². The summed E-state index contributed by atoms with van der Waals surface area (Å²) in [6.07, 6.45) is 0.670. The van der Waals surface area contributed by atoms with E-state index >= 15 is 0 Å². The highest BCUT2D eigenvalue weighted by atomic mass is 28.4. The minimum atomic E-state index is -2.62. The lowest BCUT2D eigenvalue weighted by molar-refractivity contribution is 0.0706. The minimum Gasteiger partial charge on any atom is -0.449 e. The van der Waals surface area contributed by atoms with Gasteiger partial charge in [-0.2, -0.15) is 0 Å². The first-order valence-electron chi connectivity index (χ1n) is 7.57. The van der Waals surface area contributed by atoms with Crippen molar-refractivity contribution >= 4 is 14.9 Å². The van der Waals surface area contributed by atoms with E-state index in [0.717, 1.165) is 0 Å². The van der Waals surface area contributed by atoms with E-state index < -0.39 is 14.9 Å². The fourth-order valence-electron chi connectivity index (χ4n) is 1.78. The third kappa shape index (κ3) is 9.80. The molecule has 0 rings (SSSR count). The van der Waals surface area contributed by atoms with Crippen LogP contribution in [0.25, 0.3) is 0 Å². The Morgan fingerprint density at radius 1 is 1.05 bits per heavy atom. The van der Waals surface area contributed by atoms with Crippen LogP contribution in [0.2, 0.25) is 6.04 Å². The fraction of sp³-hybridized carbons (Fsp3) is 0.923. The van der Waals surface area contributed by atoms with E-state index in [-0.39, 0.29) is 13.2 Å². The number of nitrogens with one attached hydrogen (secondary N) is 1. The molecular formula is C13H29NO6Si. The lowest BCUT2D eigenvalue weighted by Crippen LogP contribution is -2.46. The summed E-state index contributed by atoms with van der Waals surface area (Å²) in [5.74, 6) is 0. The molecule has 0 atom stereocenters. The van der Waals surface area contributed by atoms with Crippen molar-refractivity contribution in [3.8, 4) is 0 Å². The molecule has 1 amide bonds. The van der Waals surface area contributed by atoms with Gasteiger partial charge in [0, 0.05) is 45.4 Å². The normalized spacial score (nSPS) is 11.4.